The van der Waals surface area contributed by atoms with Crippen molar-refractivity contribution in [3.63, 3.8) is 0 Å². The van der Waals surface area contributed by atoms with Gasteiger partial charge in [0, 0.05) is 5.54 Å². The number of hydrogen-bond donors (Lipinski definition) is 1. The predicted octanol–water partition coefficient (Wildman–Crippen LogP) is 3.29. The monoisotopic (exact) mass is 253 g/mol. The van der Waals surface area contributed by atoms with Crippen LogP contribution in [-0.4, -0.2) is 35.7 Å². The summed E-state index contributed by atoms with van der Waals surface area (Å²) in [6.07, 6.45) is 8.56. The van der Waals surface area contributed by atoms with Gasteiger partial charge in [-0.2, -0.15) is 0 Å². The normalized spacial score (nSPS) is 38.0. The smallest absolute Gasteiger partial charge is 0.0751 e. The average molecular weight is 253 g/mol. The molecule has 4 unspecified atom stereocenters. The van der Waals surface area contributed by atoms with Crippen LogP contribution in [0.2, 0.25) is 0 Å². The summed E-state index contributed by atoms with van der Waals surface area (Å²) >= 11 is 0. The third kappa shape index (κ3) is 2.46. The predicted molar refractivity (Wildman–Crippen MR) is 76.6 cm³/mol. The third-order valence-electron chi connectivity index (χ3n) is 6.00. The topological polar surface area (TPSA) is 23.5 Å². The molecule has 2 fully saturated rings. The molecule has 0 saturated heterocycles. The molecule has 1 N–H and O–H groups in total. The van der Waals surface area contributed by atoms with Gasteiger partial charge in [-0.05, 0) is 57.5 Å². The van der Waals surface area contributed by atoms with Gasteiger partial charge in [0.25, 0.3) is 0 Å². The van der Waals surface area contributed by atoms with E-state index in [-0.39, 0.29) is 11.6 Å². The zero-order valence-corrected chi connectivity index (χ0v) is 12.7. The minimum Gasteiger partial charge on any atom is -0.391 e. The van der Waals surface area contributed by atoms with Crippen molar-refractivity contribution < 1.29 is 5.11 Å². The van der Waals surface area contributed by atoms with Crippen molar-refractivity contribution in [2.75, 3.05) is 14.1 Å². The molecule has 2 rings (SSSR count). The summed E-state index contributed by atoms with van der Waals surface area (Å²) < 4.78 is 0. The number of likely N-dealkylation sites (N-methyl/N-ethyl adjacent to an activating group) is 1. The van der Waals surface area contributed by atoms with Crippen LogP contribution in [-0.2, 0) is 0 Å². The maximum Gasteiger partial charge on any atom is 0.0751 e. The van der Waals surface area contributed by atoms with Gasteiger partial charge in [0.05, 0.1) is 6.10 Å². The second-order valence-corrected chi connectivity index (χ2v) is 7.18. The molecular weight excluding hydrogens is 222 g/mol. The van der Waals surface area contributed by atoms with Gasteiger partial charge >= 0.3 is 0 Å². The van der Waals surface area contributed by atoms with E-state index in [4.69, 9.17) is 0 Å². The Hall–Kier alpha value is -0.0800. The number of rotatable bonds is 3. The molecule has 2 nitrogen and oxygen atoms in total. The molecule has 2 saturated carbocycles. The highest BCUT2D eigenvalue weighted by Gasteiger charge is 2.46. The standard InChI is InChI=1S/C16H31NO/c1-12-7-8-14(11-13(12)2)15(18)16(17(3)4)9-5-6-10-16/h12-15,18H,5-11H2,1-4H3. The Labute approximate surface area is 113 Å². The summed E-state index contributed by atoms with van der Waals surface area (Å²) in [5.41, 5.74) is 0.0744. The molecule has 2 aliphatic rings. The SMILES string of the molecule is CC1CCC(C(O)C2(N(C)C)CCCC2)CC1C. The van der Waals surface area contributed by atoms with Crippen molar-refractivity contribution in [3.05, 3.63) is 0 Å². The lowest BCUT2D eigenvalue weighted by atomic mass is 9.69. The summed E-state index contributed by atoms with van der Waals surface area (Å²) in [4.78, 5) is 2.31. The van der Waals surface area contributed by atoms with Gasteiger partial charge in [0.2, 0.25) is 0 Å². The Morgan fingerprint density at radius 2 is 1.67 bits per heavy atom. The highest BCUT2D eigenvalue weighted by molar-refractivity contribution is 5.01. The van der Waals surface area contributed by atoms with Crippen LogP contribution < -0.4 is 0 Å². The van der Waals surface area contributed by atoms with Crippen LogP contribution in [0.3, 0.4) is 0 Å². The van der Waals surface area contributed by atoms with E-state index in [0.717, 1.165) is 11.8 Å². The number of nitrogens with zero attached hydrogens (tertiary/aromatic N) is 1. The molecule has 2 aliphatic carbocycles. The molecule has 2 heteroatoms. The molecule has 4 atom stereocenters. The largest absolute Gasteiger partial charge is 0.391 e. The van der Waals surface area contributed by atoms with E-state index in [1.807, 2.05) is 0 Å². The molecule has 0 aromatic carbocycles. The molecule has 0 aromatic rings. The average Bonchev–Trinajstić information content (AvgIpc) is 2.82. The molecule has 0 aromatic heterocycles. The first-order valence-corrected chi connectivity index (χ1v) is 7.83. The summed E-state index contributed by atoms with van der Waals surface area (Å²) in [6.45, 7) is 4.73. The molecular formula is C16H31NO. The Balaban J connectivity index is 2.07. The van der Waals surface area contributed by atoms with Crippen molar-refractivity contribution in [1.82, 2.24) is 4.90 Å². The minimum atomic E-state index is -0.120. The molecule has 18 heavy (non-hydrogen) atoms. The number of hydrogen-bond acceptors (Lipinski definition) is 2. The first kappa shape index (κ1) is 14.3. The number of aliphatic hydroxyl groups excluding tert-OH is 1. The Kier molecular flexibility index (Phi) is 4.38. The van der Waals surface area contributed by atoms with E-state index in [9.17, 15) is 5.11 Å². The van der Waals surface area contributed by atoms with Crippen LogP contribution in [0.1, 0.15) is 58.8 Å². The van der Waals surface area contributed by atoms with Crippen molar-refractivity contribution in [3.8, 4) is 0 Å². The van der Waals surface area contributed by atoms with Crippen LogP contribution in [0.4, 0.5) is 0 Å². The zero-order chi connectivity index (χ0) is 13.3. The summed E-state index contributed by atoms with van der Waals surface area (Å²) in [5.74, 6) is 2.14. The van der Waals surface area contributed by atoms with Crippen molar-refractivity contribution in [2.45, 2.75) is 70.4 Å². The molecule has 0 heterocycles. The highest BCUT2D eigenvalue weighted by atomic mass is 16.3. The van der Waals surface area contributed by atoms with Crippen LogP contribution in [0.25, 0.3) is 0 Å². The lowest BCUT2D eigenvalue weighted by Gasteiger charge is -2.46. The van der Waals surface area contributed by atoms with Gasteiger partial charge < -0.3 is 10.0 Å². The minimum absolute atomic E-state index is 0.0744. The van der Waals surface area contributed by atoms with Gasteiger partial charge in [-0.3, -0.25) is 0 Å². The second kappa shape index (κ2) is 5.50. The van der Waals surface area contributed by atoms with Crippen LogP contribution in [0.5, 0.6) is 0 Å². The fourth-order valence-corrected chi connectivity index (χ4v) is 4.31. The zero-order valence-electron chi connectivity index (χ0n) is 12.7. The second-order valence-electron chi connectivity index (χ2n) is 7.18. The quantitative estimate of drug-likeness (QED) is 0.834. The van der Waals surface area contributed by atoms with Gasteiger partial charge in [-0.25, -0.2) is 0 Å². The first-order valence-electron chi connectivity index (χ1n) is 7.83. The van der Waals surface area contributed by atoms with E-state index >= 15 is 0 Å². The molecule has 106 valence electrons. The fourth-order valence-electron chi connectivity index (χ4n) is 4.31. The maximum atomic E-state index is 11.0. The van der Waals surface area contributed by atoms with E-state index in [0.29, 0.717) is 5.92 Å². The van der Waals surface area contributed by atoms with E-state index in [1.54, 1.807) is 0 Å². The molecule has 0 radical (unpaired) electrons. The Morgan fingerprint density at radius 3 is 2.17 bits per heavy atom. The van der Waals surface area contributed by atoms with Crippen molar-refractivity contribution in [1.29, 1.82) is 0 Å². The van der Waals surface area contributed by atoms with Crippen LogP contribution >= 0.6 is 0 Å². The molecule has 0 spiro atoms. The van der Waals surface area contributed by atoms with Crippen molar-refractivity contribution in [2.24, 2.45) is 17.8 Å². The van der Waals surface area contributed by atoms with E-state index < -0.39 is 0 Å². The third-order valence-corrected chi connectivity index (χ3v) is 6.00. The van der Waals surface area contributed by atoms with Gasteiger partial charge in [-0.1, -0.05) is 33.1 Å². The maximum absolute atomic E-state index is 11.0. The van der Waals surface area contributed by atoms with E-state index in [2.05, 4.69) is 32.8 Å². The Morgan fingerprint density at radius 1 is 1.06 bits per heavy atom. The van der Waals surface area contributed by atoms with Crippen LogP contribution in [0, 0.1) is 17.8 Å². The summed E-state index contributed by atoms with van der Waals surface area (Å²) in [5, 5.41) is 11.0. The summed E-state index contributed by atoms with van der Waals surface area (Å²) in [6, 6.07) is 0. The first-order chi connectivity index (χ1) is 8.47. The van der Waals surface area contributed by atoms with Gasteiger partial charge in [-0.15, -0.1) is 0 Å². The molecule has 0 aliphatic heterocycles. The van der Waals surface area contributed by atoms with Gasteiger partial charge in [0.15, 0.2) is 0 Å². The lowest BCUT2D eigenvalue weighted by molar-refractivity contribution is -0.0566. The number of aliphatic hydroxyl groups is 1. The van der Waals surface area contributed by atoms with Gasteiger partial charge in [0.1, 0.15) is 0 Å². The van der Waals surface area contributed by atoms with Crippen LogP contribution in [0.15, 0.2) is 0 Å². The van der Waals surface area contributed by atoms with Crippen molar-refractivity contribution >= 4 is 0 Å². The lowest BCUT2D eigenvalue weighted by Crippen LogP contribution is -2.55. The highest BCUT2D eigenvalue weighted by Crippen LogP contribution is 2.44. The van der Waals surface area contributed by atoms with E-state index in [1.165, 1.54) is 44.9 Å². The molecule has 0 amide bonds. The fraction of sp³-hybridized carbons (Fsp3) is 1.00. The summed E-state index contributed by atoms with van der Waals surface area (Å²) in [7, 11) is 4.31. The Bertz CT molecular complexity index is 270. The molecule has 0 bridgehead atoms.